The molecule has 1 amide bonds. The van der Waals surface area contributed by atoms with Gasteiger partial charge in [-0.05, 0) is 30.9 Å². The van der Waals surface area contributed by atoms with Crippen molar-refractivity contribution in [1.29, 1.82) is 0 Å². The molecule has 2 aliphatic rings. The third-order valence-electron chi connectivity index (χ3n) is 4.69. The maximum atomic E-state index is 12.4. The van der Waals surface area contributed by atoms with Gasteiger partial charge in [0.1, 0.15) is 0 Å². The quantitative estimate of drug-likeness (QED) is 0.924. The van der Waals surface area contributed by atoms with Gasteiger partial charge in [0, 0.05) is 30.9 Å². The van der Waals surface area contributed by atoms with E-state index in [1.807, 2.05) is 30.3 Å². The van der Waals surface area contributed by atoms with E-state index in [2.05, 4.69) is 15.3 Å². The smallest absolute Gasteiger partial charge is 0.332 e. The SMILES string of the molecule is O=C(N[C@@H]1C[C@H]2CCN(C2)C1)n1cc(-c2ccccc2)cn1. The summed E-state index contributed by atoms with van der Waals surface area (Å²) < 4.78 is 1.41. The zero-order valence-corrected chi connectivity index (χ0v) is 12.5. The van der Waals surface area contributed by atoms with Gasteiger partial charge in [-0.2, -0.15) is 9.78 Å². The van der Waals surface area contributed by atoms with E-state index in [0.717, 1.165) is 30.0 Å². The van der Waals surface area contributed by atoms with Gasteiger partial charge in [0.15, 0.2) is 0 Å². The fourth-order valence-electron chi connectivity index (χ4n) is 3.62. The average Bonchev–Trinajstić information content (AvgIpc) is 3.15. The van der Waals surface area contributed by atoms with Crippen molar-refractivity contribution >= 4 is 6.03 Å². The number of rotatable bonds is 2. The van der Waals surface area contributed by atoms with Gasteiger partial charge in [0.25, 0.3) is 0 Å². The highest BCUT2D eigenvalue weighted by molar-refractivity contribution is 5.77. The molecule has 0 spiro atoms. The fourth-order valence-corrected chi connectivity index (χ4v) is 3.62. The largest absolute Gasteiger partial charge is 0.342 e. The lowest BCUT2D eigenvalue weighted by Gasteiger charge is -2.30. The predicted octanol–water partition coefficient (Wildman–Crippen LogP) is 2.20. The first kappa shape index (κ1) is 13.5. The molecule has 1 unspecified atom stereocenters. The Labute approximate surface area is 129 Å². The Balaban J connectivity index is 1.44. The molecule has 1 N–H and O–H groups in total. The van der Waals surface area contributed by atoms with Crippen LogP contribution in [0.1, 0.15) is 12.8 Å². The molecule has 2 bridgehead atoms. The lowest BCUT2D eigenvalue weighted by molar-refractivity contribution is 0.204. The Morgan fingerprint density at radius 2 is 2.05 bits per heavy atom. The molecule has 2 aromatic rings. The first-order valence-electron chi connectivity index (χ1n) is 7.91. The molecule has 2 saturated heterocycles. The summed E-state index contributed by atoms with van der Waals surface area (Å²) in [6.45, 7) is 3.35. The monoisotopic (exact) mass is 296 g/mol. The normalized spacial score (nSPS) is 26.8. The second-order valence-electron chi connectivity index (χ2n) is 6.34. The van der Waals surface area contributed by atoms with Crippen molar-refractivity contribution < 1.29 is 4.79 Å². The number of nitrogens with zero attached hydrogens (tertiary/aromatic N) is 3. The maximum Gasteiger partial charge on any atom is 0.342 e. The van der Waals surface area contributed by atoms with Gasteiger partial charge in [0.2, 0.25) is 0 Å². The molecule has 5 heteroatoms. The van der Waals surface area contributed by atoms with Gasteiger partial charge < -0.3 is 10.2 Å². The zero-order chi connectivity index (χ0) is 14.9. The number of piperidine rings is 1. The minimum atomic E-state index is -0.130. The van der Waals surface area contributed by atoms with Gasteiger partial charge in [-0.3, -0.25) is 0 Å². The van der Waals surface area contributed by atoms with Gasteiger partial charge in [-0.25, -0.2) is 4.79 Å². The third-order valence-corrected chi connectivity index (χ3v) is 4.69. The molecule has 4 rings (SSSR count). The predicted molar refractivity (Wildman–Crippen MR) is 84.5 cm³/mol. The molecular weight excluding hydrogens is 276 g/mol. The minimum absolute atomic E-state index is 0.130. The van der Waals surface area contributed by atoms with Crippen LogP contribution in [0, 0.1) is 5.92 Å². The Bertz CT molecular complexity index is 654. The van der Waals surface area contributed by atoms with Gasteiger partial charge in [0.05, 0.1) is 6.20 Å². The number of nitrogens with one attached hydrogen (secondary N) is 1. The molecule has 2 fully saturated rings. The van der Waals surface area contributed by atoms with E-state index in [4.69, 9.17) is 0 Å². The van der Waals surface area contributed by atoms with Gasteiger partial charge in [-0.15, -0.1) is 0 Å². The zero-order valence-electron chi connectivity index (χ0n) is 12.5. The Hall–Kier alpha value is -2.14. The Morgan fingerprint density at radius 3 is 2.86 bits per heavy atom. The van der Waals surface area contributed by atoms with Crippen LogP contribution in [0.25, 0.3) is 11.1 Å². The van der Waals surface area contributed by atoms with E-state index >= 15 is 0 Å². The van der Waals surface area contributed by atoms with Crippen LogP contribution in [-0.4, -0.2) is 46.4 Å². The number of amides is 1. The highest BCUT2D eigenvalue weighted by Crippen LogP contribution is 2.26. The Kier molecular flexibility index (Phi) is 3.42. The molecule has 1 aromatic heterocycles. The summed E-state index contributed by atoms with van der Waals surface area (Å²) in [6.07, 6.45) is 5.90. The topological polar surface area (TPSA) is 50.2 Å². The Morgan fingerprint density at radius 1 is 1.18 bits per heavy atom. The summed E-state index contributed by atoms with van der Waals surface area (Å²) >= 11 is 0. The summed E-state index contributed by atoms with van der Waals surface area (Å²) in [5.41, 5.74) is 2.03. The van der Waals surface area contributed by atoms with E-state index in [9.17, 15) is 4.79 Å². The van der Waals surface area contributed by atoms with Crippen LogP contribution in [-0.2, 0) is 0 Å². The molecule has 22 heavy (non-hydrogen) atoms. The number of fused-ring (bicyclic) bond motifs is 2. The van der Waals surface area contributed by atoms with Crippen LogP contribution < -0.4 is 5.32 Å². The van der Waals surface area contributed by atoms with Gasteiger partial charge in [-0.1, -0.05) is 30.3 Å². The van der Waals surface area contributed by atoms with Gasteiger partial charge >= 0.3 is 6.03 Å². The second-order valence-corrected chi connectivity index (χ2v) is 6.34. The standard InChI is InChI=1S/C17H20N4O/c22-17(19-16-8-13-6-7-20(10-13)12-16)21-11-15(9-18-21)14-4-2-1-3-5-14/h1-5,9,11,13,16H,6-8,10,12H2,(H,19,22)/t13-,16-/m1/s1. The van der Waals surface area contributed by atoms with Crippen molar-refractivity contribution in [3.8, 4) is 11.1 Å². The highest BCUT2D eigenvalue weighted by Gasteiger charge is 2.33. The minimum Gasteiger partial charge on any atom is -0.332 e. The van der Waals surface area contributed by atoms with Crippen molar-refractivity contribution in [3.63, 3.8) is 0 Å². The number of hydrogen-bond acceptors (Lipinski definition) is 3. The molecule has 2 aliphatic heterocycles. The first-order valence-corrected chi connectivity index (χ1v) is 7.91. The summed E-state index contributed by atoms with van der Waals surface area (Å²) in [7, 11) is 0. The van der Waals surface area contributed by atoms with Crippen molar-refractivity contribution in [2.45, 2.75) is 18.9 Å². The lowest BCUT2D eigenvalue weighted by Crippen LogP contribution is -2.48. The number of hydrogen-bond donors (Lipinski definition) is 1. The van der Waals surface area contributed by atoms with Crippen molar-refractivity contribution in [1.82, 2.24) is 20.0 Å². The summed E-state index contributed by atoms with van der Waals surface area (Å²) in [6, 6.07) is 10.1. The second kappa shape index (κ2) is 5.57. The van der Waals surface area contributed by atoms with Crippen LogP contribution in [0.2, 0.25) is 0 Å². The van der Waals surface area contributed by atoms with E-state index < -0.39 is 0 Å². The molecule has 0 aliphatic carbocycles. The summed E-state index contributed by atoms with van der Waals surface area (Å²) in [5.74, 6) is 0.747. The third kappa shape index (κ3) is 2.64. The molecule has 0 radical (unpaired) electrons. The van der Waals surface area contributed by atoms with Crippen LogP contribution in [0.5, 0.6) is 0 Å². The molecule has 114 valence electrons. The number of carbonyl (C=O) groups excluding carboxylic acids is 1. The van der Waals surface area contributed by atoms with E-state index in [-0.39, 0.29) is 12.1 Å². The molecule has 3 atom stereocenters. The van der Waals surface area contributed by atoms with Crippen molar-refractivity contribution in [2.75, 3.05) is 19.6 Å². The van der Waals surface area contributed by atoms with Crippen LogP contribution >= 0.6 is 0 Å². The van der Waals surface area contributed by atoms with Crippen LogP contribution in [0.4, 0.5) is 4.79 Å². The van der Waals surface area contributed by atoms with Crippen molar-refractivity contribution in [2.24, 2.45) is 5.92 Å². The van der Waals surface area contributed by atoms with E-state index in [0.29, 0.717) is 0 Å². The van der Waals surface area contributed by atoms with E-state index in [1.54, 1.807) is 12.4 Å². The maximum absolute atomic E-state index is 12.4. The average molecular weight is 296 g/mol. The van der Waals surface area contributed by atoms with Crippen LogP contribution in [0.3, 0.4) is 0 Å². The number of benzene rings is 1. The van der Waals surface area contributed by atoms with E-state index in [1.165, 1.54) is 24.2 Å². The molecular formula is C17H20N4O. The van der Waals surface area contributed by atoms with Crippen LogP contribution in [0.15, 0.2) is 42.7 Å². The molecule has 0 saturated carbocycles. The number of carbonyl (C=O) groups is 1. The molecule has 1 aromatic carbocycles. The fraction of sp³-hybridized carbons (Fsp3) is 0.412. The lowest BCUT2D eigenvalue weighted by atomic mass is 9.97. The summed E-state index contributed by atoms with van der Waals surface area (Å²) in [4.78, 5) is 14.8. The molecule has 5 nitrogen and oxygen atoms in total. The first-order chi connectivity index (χ1) is 10.8. The molecule has 3 heterocycles. The number of aromatic nitrogens is 2. The summed E-state index contributed by atoms with van der Waals surface area (Å²) in [5, 5.41) is 7.32. The van der Waals surface area contributed by atoms with Crippen molar-refractivity contribution in [3.05, 3.63) is 42.7 Å². The highest BCUT2D eigenvalue weighted by atomic mass is 16.2.